The fraction of sp³-hybridized carbons (Fsp3) is 0.429. The van der Waals surface area contributed by atoms with Crippen molar-refractivity contribution in [1.29, 1.82) is 0 Å². The number of halogens is 2. The zero-order chi connectivity index (χ0) is 15.6. The van der Waals surface area contributed by atoms with Crippen LogP contribution in [-0.2, 0) is 9.59 Å². The molecule has 1 aromatic carbocycles. The summed E-state index contributed by atoms with van der Waals surface area (Å²) in [5.41, 5.74) is 0. The van der Waals surface area contributed by atoms with Gasteiger partial charge in [0, 0.05) is 23.9 Å². The molecule has 7 heteroatoms. The fourth-order valence-electron chi connectivity index (χ4n) is 2.04. The summed E-state index contributed by atoms with van der Waals surface area (Å²) in [6, 6.07) is 3.50. The van der Waals surface area contributed by atoms with E-state index in [1.165, 1.54) is 6.07 Å². The predicted octanol–water partition coefficient (Wildman–Crippen LogP) is 2.24. The SMILES string of the molecule is CC(C(=O)O)C1CN(C(=O)CSc2ccc(F)c(F)c2)C1. The molecule has 1 N–H and O–H groups in total. The largest absolute Gasteiger partial charge is 0.481 e. The highest BCUT2D eigenvalue weighted by atomic mass is 32.2. The Bertz CT molecular complexity index is 561. The molecular formula is C14H15F2NO3S. The van der Waals surface area contributed by atoms with Crippen LogP contribution in [0.15, 0.2) is 23.1 Å². The van der Waals surface area contributed by atoms with Crippen LogP contribution in [0, 0.1) is 23.5 Å². The highest BCUT2D eigenvalue weighted by molar-refractivity contribution is 8.00. The number of rotatable bonds is 5. The van der Waals surface area contributed by atoms with Crippen molar-refractivity contribution in [3.63, 3.8) is 0 Å². The second-order valence-electron chi connectivity index (χ2n) is 5.05. The molecule has 1 fully saturated rings. The number of hydrogen-bond donors (Lipinski definition) is 1. The molecule has 1 aliphatic rings. The lowest BCUT2D eigenvalue weighted by molar-refractivity contribution is -0.149. The Morgan fingerprint density at radius 3 is 2.62 bits per heavy atom. The number of carboxylic acid groups (broad SMARTS) is 1. The van der Waals surface area contributed by atoms with Crippen LogP contribution < -0.4 is 0 Å². The van der Waals surface area contributed by atoms with Gasteiger partial charge < -0.3 is 10.0 Å². The van der Waals surface area contributed by atoms with Crippen LogP contribution in [0.1, 0.15) is 6.92 Å². The molecule has 1 aliphatic heterocycles. The van der Waals surface area contributed by atoms with Gasteiger partial charge in [0.1, 0.15) is 0 Å². The van der Waals surface area contributed by atoms with E-state index in [9.17, 15) is 18.4 Å². The van der Waals surface area contributed by atoms with Crippen molar-refractivity contribution in [3.8, 4) is 0 Å². The van der Waals surface area contributed by atoms with Crippen LogP contribution in [0.4, 0.5) is 8.78 Å². The molecule has 1 aromatic rings. The standard InChI is InChI=1S/C14H15F2NO3S/c1-8(14(19)20)9-5-17(6-9)13(18)7-21-10-2-3-11(15)12(16)4-10/h2-4,8-9H,5-7H2,1H3,(H,19,20). The van der Waals surface area contributed by atoms with Gasteiger partial charge in [-0.3, -0.25) is 9.59 Å². The Kier molecular flexibility index (Phi) is 4.82. The van der Waals surface area contributed by atoms with Gasteiger partial charge in [-0.05, 0) is 18.2 Å². The number of carbonyl (C=O) groups is 2. The average molecular weight is 315 g/mol. The smallest absolute Gasteiger partial charge is 0.306 e. The summed E-state index contributed by atoms with van der Waals surface area (Å²) in [5.74, 6) is -3.20. The lowest BCUT2D eigenvalue weighted by atomic mass is 9.87. The molecule has 0 bridgehead atoms. The zero-order valence-corrected chi connectivity index (χ0v) is 12.2. The Hall–Kier alpha value is -1.63. The number of thioether (sulfide) groups is 1. The number of hydrogen-bond acceptors (Lipinski definition) is 3. The number of amides is 1. The zero-order valence-electron chi connectivity index (χ0n) is 11.4. The molecule has 0 aliphatic carbocycles. The molecule has 1 atom stereocenters. The van der Waals surface area contributed by atoms with Gasteiger partial charge in [-0.25, -0.2) is 8.78 Å². The molecule has 0 spiro atoms. The number of carbonyl (C=O) groups excluding carboxylic acids is 1. The van der Waals surface area contributed by atoms with E-state index in [4.69, 9.17) is 5.11 Å². The van der Waals surface area contributed by atoms with E-state index in [1.807, 2.05) is 0 Å². The summed E-state index contributed by atoms with van der Waals surface area (Å²) < 4.78 is 25.8. The molecule has 1 saturated heterocycles. The maximum Gasteiger partial charge on any atom is 0.306 e. The Labute approximate surface area is 125 Å². The van der Waals surface area contributed by atoms with Crippen molar-refractivity contribution in [2.75, 3.05) is 18.8 Å². The molecule has 1 amide bonds. The number of nitrogens with zero attached hydrogens (tertiary/aromatic N) is 1. The van der Waals surface area contributed by atoms with Gasteiger partial charge in [0.25, 0.3) is 0 Å². The van der Waals surface area contributed by atoms with Crippen molar-refractivity contribution >= 4 is 23.6 Å². The van der Waals surface area contributed by atoms with E-state index >= 15 is 0 Å². The fourth-order valence-corrected chi connectivity index (χ4v) is 2.86. The molecule has 0 radical (unpaired) electrons. The van der Waals surface area contributed by atoms with Gasteiger partial charge >= 0.3 is 5.97 Å². The van der Waals surface area contributed by atoms with Crippen LogP contribution in [0.3, 0.4) is 0 Å². The summed E-state index contributed by atoms with van der Waals surface area (Å²) in [6.45, 7) is 2.50. The molecule has 1 heterocycles. The van der Waals surface area contributed by atoms with E-state index in [-0.39, 0.29) is 17.6 Å². The van der Waals surface area contributed by atoms with Crippen LogP contribution in [-0.4, -0.2) is 40.7 Å². The predicted molar refractivity (Wildman–Crippen MR) is 74.0 cm³/mol. The average Bonchev–Trinajstić information content (AvgIpc) is 2.38. The number of carboxylic acids is 1. The summed E-state index contributed by atoms with van der Waals surface area (Å²) in [7, 11) is 0. The van der Waals surface area contributed by atoms with Crippen molar-refractivity contribution in [2.24, 2.45) is 11.8 Å². The minimum Gasteiger partial charge on any atom is -0.481 e. The van der Waals surface area contributed by atoms with Crippen LogP contribution in [0.25, 0.3) is 0 Å². The first-order valence-electron chi connectivity index (χ1n) is 6.47. The van der Waals surface area contributed by atoms with E-state index in [0.29, 0.717) is 18.0 Å². The third kappa shape index (κ3) is 3.72. The van der Waals surface area contributed by atoms with E-state index in [1.54, 1.807) is 11.8 Å². The van der Waals surface area contributed by atoms with Crippen molar-refractivity contribution in [3.05, 3.63) is 29.8 Å². The first-order chi connectivity index (χ1) is 9.88. The Balaban J connectivity index is 1.79. The maximum absolute atomic E-state index is 13.0. The van der Waals surface area contributed by atoms with Gasteiger partial charge in [0.05, 0.1) is 11.7 Å². The lowest BCUT2D eigenvalue weighted by Gasteiger charge is -2.41. The van der Waals surface area contributed by atoms with Crippen LogP contribution >= 0.6 is 11.8 Å². The third-order valence-corrected chi connectivity index (χ3v) is 4.59. The van der Waals surface area contributed by atoms with E-state index < -0.39 is 23.5 Å². The topological polar surface area (TPSA) is 57.6 Å². The summed E-state index contributed by atoms with van der Waals surface area (Å²) >= 11 is 1.13. The summed E-state index contributed by atoms with van der Waals surface area (Å²) in [6.07, 6.45) is 0. The number of aliphatic carboxylic acids is 1. The lowest BCUT2D eigenvalue weighted by Crippen LogP contribution is -2.54. The molecule has 0 aromatic heterocycles. The minimum atomic E-state index is -0.938. The van der Waals surface area contributed by atoms with E-state index in [2.05, 4.69) is 0 Å². The van der Waals surface area contributed by atoms with Crippen molar-refractivity contribution in [1.82, 2.24) is 4.90 Å². The van der Waals surface area contributed by atoms with Crippen LogP contribution in [0.2, 0.25) is 0 Å². The number of likely N-dealkylation sites (tertiary alicyclic amines) is 1. The molecule has 1 unspecified atom stereocenters. The first-order valence-corrected chi connectivity index (χ1v) is 7.45. The summed E-state index contributed by atoms with van der Waals surface area (Å²) in [5, 5.41) is 8.87. The third-order valence-electron chi connectivity index (χ3n) is 3.61. The second-order valence-corrected chi connectivity index (χ2v) is 6.10. The molecule has 4 nitrogen and oxygen atoms in total. The van der Waals surface area contributed by atoms with Gasteiger partial charge in [-0.1, -0.05) is 6.92 Å². The van der Waals surface area contributed by atoms with Gasteiger partial charge in [-0.2, -0.15) is 0 Å². The normalized spacial score (nSPS) is 16.4. The highest BCUT2D eigenvalue weighted by Crippen LogP contribution is 2.26. The number of benzene rings is 1. The molecular weight excluding hydrogens is 300 g/mol. The monoisotopic (exact) mass is 315 g/mol. The first kappa shape index (κ1) is 15.8. The molecule has 114 valence electrons. The molecule has 2 rings (SSSR count). The van der Waals surface area contributed by atoms with E-state index in [0.717, 1.165) is 23.9 Å². The van der Waals surface area contributed by atoms with Crippen LogP contribution in [0.5, 0.6) is 0 Å². The molecule has 21 heavy (non-hydrogen) atoms. The highest BCUT2D eigenvalue weighted by Gasteiger charge is 2.36. The van der Waals surface area contributed by atoms with Gasteiger partial charge in [-0.15, -0.1) is 11.8 Å². The Morgan fingerprint density at radius 1 is 1.38 bits per heavy atom. The summed E-state index contributed by atoms with van der Waals surface area (Å²) in [4.78, 5) is 24.7. The van der Waals surface area contributed by atoms with Gasteiger partial charge in [0.15, 0.2) is 11.6 Å². The van der Waals surface area contributed by atoms with Gasteiger partial charge in [0.2, 0.25) is 5.91 Å². The second kappa shape index (κ2) is 6.43. The Morgan fingerprint density at radius 2 is 2.05 bits per heavy atom. The minimum absolute atomic E-state index is 0.0142. The molecule has 0 saturated carbocycles. The van der Waals surface area contributed by atoms with Crippen molar-refractivity contribution in [2.45, 2.75) is 11.8 Å². The quantitative estimate of drug-likeness (QED) is 0.847. The maximum atomic E-state index is 13.0. The van der Waals surface area contributed by atoms with Crippen molar-refractivity contribution < 1.29 is 23.5 Å².